The van der Waals surface area contributed by atoms with Gasteiger partial charge in [-0.1, -0.05) is 18.2 Å². The smallest absolute Gasteiger partial charge is 0.317 e. The Morgan fingerprint density at radius 2 is 2.25 bits per heavy atom. The van der Waals surface area contributed by atoms with Gasteiger partial charge in [-0.3, -0.25) is 0 Å². The monoisotopic (exact) mass is 220 g/mol. The Labute approximate surface area is 95.2 Å². The lowest BCUT2D eigenvalue weighted by Gasteiger charge is -2.15. The highest BCUT2D eigenvalue weighted by Crippen LogP contribution is 2.18. The predicted molar refractivity (Wildman–Crippen MR) is 61.7 cm³/mol. The van der Waals surface area contributed by atoms with Crippen LogP contribution in [0.15, 0.2) is 24.3 Å². The van der Waals surface area contributed by atoms with Crippen LogP contribution in [-0.4, -0.2) is 37.7 Å². The van der Waals surface area contributed by atoms with E-state index >= 15 is 0 Å². The minimum Gasteiger partial charge on any atom is -0.496 e. The van der Waals surface area contributed by atoms with E-state index in [0.29, 0.717) is 0 Å². The van der Waals surface area contributed by atoms with Gasteiger partial charge in [0.1, 0.15) is 5.75 Å². The SMILES string of the molecule is COc1ccccc1CCN1CCNC1=O. The highest BCUT2D eigenvalue weighted by Gasteiger charge is 2.18. The van der Waals surface area contributed by atoms with Gasteiger partial charge in [0.15, 0.2) is 0 Å². The summed E-state index contributed by atoms with van der Waals surface area (Å²) in [5, 5.41) is 2.79. The molecule has 0 aromatic heterocycles. The van der Waals surface area contributed by atoms with E-state index in [2.05, 4.69) is 5.32 Å². The average Bonchev–Trinajstić information content (AvgIpc) is 2.72. The van der Waals surface area contributed by atoms with Gasteiger partial charge >= 0.3 is 6.03 Å². The first-order valence-corrected chi connectivity index (χ1v) is 5.46. The Kier molecular flexibility index (Phi) is 3.29. The minimum atomic E-state index is 0.0369. The molecule has 86 valence electrons. The van der Waals surface area contributed by atoms with Gasteiger partial charge < -0.3 is 15.0 Å². The molecule has 1 heterocycles. The number of nitrogens with one attached hydrogen (secondary N) is 1. The van der Waals surface area contributed by atoms with Crippen LogP contribution in [0.1, 0.15) is 5.56 Å². The van der Waals surface area contributed by atoms with Crippen LogP contribution >= 0.6 is 0 Å². The normalized spacial score (nSPS) is 15.1. The summed E-state index contributed by atoms with van der Waals surface area (Å²) in [4.78, 5) is 13.2. The Hall–Kier alpha value is -1.71. The van der Waals surface area contributed by atoms with Crippen LogP contribution in [0.25, 0.3) is 0 Å². The lowest BCUT2D eigenvalue weighted by atomic mass is 10.1. The Morgan fingerprint density at radius 3 is 2.94 bits per heavy atom. The van der Waals surface area contributed by atoms with Crippen LogP contribution in [0.2, 0.25) is 0 Å². The molecule has 1 aromatic rings. The third-order valence-corrected chi connectivity index (χ3v) is 2.79. The molecule has 2 amide bonds. The van der Waals surface area contributed by atoms with Crippen LogP contribution in [-0.2, 0) is 6.42 Å². The molecule has 1 aliphatic rings. The molecule has 0 spiro atoms. The van der Waals surface area contributed by atoms with E-state index in [9.17, 15) is 4.79 Å². The van der Waals surface area contributed by atoms with Crippen molar-refractivity contribution in [2.45, 2.75) is 6.42 Å². The van der Waals surface area contributed by atoms with Crippen molar-refractivity contribution in [1.82, 2.24) is 10.2 Å². The number of rotatable bonds is 4. The first-order valence-electron chi connectivity index (χ1n) is 5.46. The second-order valence-corrected chi connectivity index (χ2v) is 3.78. The second kappa shape index (κ2) is 4.88. The molecule has 0 aliphatic carbocycles. The van der Waals surface area contributed by atoms with Crippen molar-refractivity contribution < 1.29 is 9.53 Å². The van der Waals surface area contributed by atoms with E-state index in [4.69, 9.17) is 4.74 Å². The first kappa shape index (κ1) is 10.8. The summed E-state index contributed by atoms with van der Waals surface area (Å²) in [7, 11) is 1.67. The maximum atomic E-state index is 11.3. The van der Waals surface area contributed by atoms with E-state index in [0.717, 1.165) is 37.4 Å². The second-order valence-electron chi connectivity index (χ2n) is 3.78. The van der Waals surface area contributed by atoms with Gasteiger partial charge in [0.2, 0.25) is 0 Å². The van der Waals surface area contributed by atoms with Crippen molar-refractivity contribution in [3.63, 3.8) is 0 Å². The lowest BCUT2D eigenvalue weighted by Crippen LogP contribution is -2.30. The van der Waals surface area contributed by atoms with E-state index in [-0.39, 0.29) is 6.03 Å². The number of methoxy groups -OCH3 is 1. The topological polar surface area (TPSA) is 41.6 Å². The van der Waals surface area contributed by atoms with Crippen molar-refractivity contribution in [3.8, 4) is 5.75 Å². The van der Waals surface area contributed by atoms with Gasteiger partial charge in [-0.05, 0) is 18.1 Å². The Bertz CT molecular complexity index is 379. The van der Waals surface area contributed by atoms with Gasteiger partial charge in [0.25, 0.3) is 0 Å². The predicted octanol–water partition coefficient (Wildman–Crippen LogP) is 1.26. The van der Waals surface area contributed by atoms with Gasteiger partial charge in [-0.15, -0.1) is 0 Å². The van der Waals surface area contributed by atoms with Crippen LogP contribution < -0.4 is 10.1 Å². The average molecular weight is 220 g/mol. The summed E-state index contributed by atoms with van der Waals surface area (Å²) >= 11 is 0. The highest BCUT2D eigenvalue weighted by atomic mass is 16.5. The van der Waals surface area contributed by atoms with Crippen molar-refractivity contribution >= 4 is 6.03 Å². The third kappa shape index (κ3) is 2.27. The van der Waals surface area contributed by atoms with E-state index in [1.807, 2.05) is 29.2 Å². The summed E-state index contributed by atoms with van der Waals surface area (Å²) < 4.78 is 5.27. The van der Waals surface area contributed by atoms with Gasteiger partial charge in [0, 0.05) is 19.6 Å². The van der Waals surface area contributed by atoms with Gasteiger partial charge in [0.05, 0.1) is 7.11 Å². The largest absolute Gasteiger partial charge is 0.496 e. The molecule has 1 aliphatic heterocycles. The van der Waals surface area contributed by atoms with Crippen LogP contribution in [0.4, 0.5) is 4.79 Å². The minimum absolute atomic E-state index is 0.0369. The molecule has 1 aromatic carbocycles. The molecule has 1 N–H and O–H groups in total. The van der Waals surface area contributed by atoms with Crippen LogP contribution in [0.3, 0.4) is 0 Å². The van der Waals surface area contributed by atoms with E-state index < -0.39 is 0 Å². The van der Waals surface area contributed by atoms with E-state index in [1.54, 1.807) is 7.11 Å². The Balaban J connectivity index is 1.96. The van der Waals surface area contributed by atoms with Crippen molar-refractivity contribution in [3.05, 3.63) is 29.8 Å². The molecule has 1 fully saturated rings. The lowest BCUT2D eigenvalue weighted by molar-refractivity contribution is 0.218. The molecular weight excluding hydrogens is 204 g/mol. The number of carbonyl (C=O) groups is 1. The van der Waals surface area contributed by atoms with Gasteiger partial charge in [-0.2, -0.15) is 0 Å². The molecule has 0 saturated carbocycles. The van der Waals surface area contributed by atoms with Crippen molar-refractivity contribution in [1.29, 1.82) is 0 Å². The van der Waals surface area contributed by atoms with Crippen molar-refractivity contribution in [2.24, 2.45) is 0 Å². The molecule has 2 rings (SSSR count). The Morgan fingerprint density at radius 1 is 1.44 bits per heavy atom. The molecular formula is C12H16N2O2. The standard InChI is InChI=1S/C12H16N2O2/c1-16-11-5-3-2-4-10(11)6-8-14-9-7-13-12(14)15/h2-5H,6-9H2,1H3,(H,13,15). The number of hydrogen-bond donors (Lipinski definition) is 1. The number of benzene rings is 1. The highest BCUT2D eigenvalue weighted by molar-refractivity contribution is 5.76. The van der Waals surface area contributed by atoms with Crippen LogP contribution in [0.5, 0.6) is 5.75 Å². The quantitative estimate of drug-likeness (QED) is 0.830. The third-order valence-electron chi connectivity index (χ3n) is 2.79. The zero-order chi connectivity index (χ0) is 11.4. The molecule has 1 saturated heterocycles. The molecule has 4 nitrogen and oxygen atoms in total. The number of carbonyl (C=O) groups excluding carboxylic acids is 1. The number of urea groups is 1. The molecule has 0 bridgehead atoms. The number of ether oxygens (including phenoxy) is 1. The fourth-order valence-electron chi connectivity index (χ4n) is 1.89. The summed E-state index contributed by atoms with van der Waals surface area (Å²) in [6.45, 7) is 2.30. The fraction of sp³-hybridized carbons (Fsp3) is 0.417. The molecule has 4 heteroatoms. The number of nitrogens with zero attached hydrogens (tertiary/aromatic N) is 1. The number of amides is 2. The summed E-state index contributed by atoms with van der Waals surface area (Å²) in [5.74, 6) is 0.891. The number of hydrogen-bond acceptors (Lipinski definition) is 2. The zero-order valence-corrected chi connectivity index (χ0v) is 9.40. The summed E-state index contributed by atoms with van der Waals surface area (Å²) in [6.07, 6.45) is 0.831. The number of para-hydroxylation sites is 1. The molecule has 0 unspecified atom stereocenters. The summed E-state index contributed by atoms with van der Waals surface area (Å²) in [6, 6.07) is 7.95. The van der Waals surface area contributed by atoms with Gasteiger partial charge in [-0.25, -0.2) is 4.79 Å². The fourth-order valence-corrected chi connectivity index (χ4v) is 1.89. The maximum absolute atomic E-state index is 11.3. The van der Waals surface area contributed by atoms with Crippen molar-refractivity contribution in [2.75, 3.05) is 26.7 Å². The van der Waals surface area contributed by atoms with Crippen LogP contribution in [0, 0.1) is 0 Å². The first-order chi connectivity index (χ1) is 7.81. The molecule has 0 atom stereocenters. The molecule has 0 radical (unpaired) electrons. The maximum Gasteiger partial charge on any atom is 0.317 e. The molecule has 16 heavy (non-hydrogen) atoms. The summed E-state index contributed by atoms with van der Waals surface area (Å²) in [5.41, 5.74) is 1.14. The zero-order valence-electron chi connectivity index (χ0n) is 9.40. The van der Waals surface area contributed by atoms with E-state index in [1.165, 1.54) is 0 Å².